The Morgan fingerprint density at radius 3 is 2.67 bits per heavy atom. The SMILES string of the molecule is CCNc1cc(S(=O)(=O)Nc2ccc(C)c(Br)c2)ccn1. The maximum Gasteiger partial charge on any atom is 0.262 e. The fourth-order valence-corrected chi connectivity index (χ4v) is 3.17. The molecule has 0 unspecified atom stereocenters. The molecule has 0 amide bonds. The van der Waals surface area contributed by atoms with Gasteiger partial charge in [-0.05, 0) is 37.6 Å². The minimum Gasteiger partial charge on any atom is -0.370 e. The monoisotopic (exact) mass is 369 g/mol. The number of nitrogens with zero attached hydrogens (tertiary/aromatic N) is 1. The van der Waals surface area contributed by atoms with E-state index in [-0.39, 0.29) is 4.90 Å². The highest BCUT2D eigenvalue weighted by Crippen LogP contribution is 2.23. The van der Waals surface area contributed by atoms with Crippen molar-refractivity contribution in [3.63, 3.8) is 0 Å². The lowest BCUT2D eigenvalue weighted by molar-refractivity contribution is 0.601. The molecule has 21 heavy (non-hydrogen) atoms. The van der Waals surface area contributed by atoms with Crippen LogP contribution in [0.1, 0.15) is 12.5 Å². The van der Waals surface area contributed by atoms with Crippen molar-refractivity contribution in [2.24, 2.45) is 0 Å². The lowest BCUT2D eigenvalue weighted by Crippen LogP contribution is -2.13. The Bertz CT molecular complexity index is 748. The summed E-state index contributed by atoms with van der Waals surface area (Å²) in [7, 11) is -3.63. The summed E-state index contributed by atoms with van der Waals surface area (Å²) in [5.41, 5.74) is 1.55. The van der Waals surface area contributed by atoms with Crippen LogP contribution in [0, 0.1) is 6.92 Å². The Hall–Kier alpha value is -1.60. The Balaban J connectivity index is 2.29. The van der Waals surface area contributed by atoms with Gasteiger partial charge in [0.15, 0.2) is 0 Å². The summed E-state index contributed by atoms with van der Waals surface area (Å²) in [6, 6.07) is 8.28. The van der Waals surface area contributed by atoms with Gasteiger partial charge in [-0.1, -0.05) is 22.0 Å². The molecule has 0 atom stereocenters. The molecule has 7 heteroatoms. The molecule has 2 rings (SSSR count). The molecular weight excluding hydrogens is 354 g/mol. The van der Waals surface area contributed by atoms with Crippen molar-refractivity contribution in [2.75, 3.05) is 16.6 Å². The highest BCUT2D eigenvalue weighted by atomic mass is 79.9. The number of anilines is 2. The van der Waals surface area contributed by atoms with Gasteiger partial charge in [-0.3, -0.25) is 4.72 Å². The van der Waals surface area contributed by atoms with E-state index in [1.165, 1.54) is 18.3 Å². The van der Waals surface area contributed by atoms with Crippen molar-refractivity contribution < 1.29 is 8.42 Å². The average Bonchev–Trinajstić information content (AvgIpc) is 2.43. The van der Waals surface area contributed by atoms with Gasteiger partial charge in [0.25, 0.3) is 10.0 Å². The van der Waals surface area contributed by atoms with Crippen LogP contribution in [0.2, 0.25) is 0 Å². The Morgan fingerprint density at radius 1 is 1.24 bits per heavy atom. The zero-order chi connectivity index (χ0) is 15.5. The minimum atomic E-state index is -3.63. The van der Waals surface area contributed by atoms with Crippen LogP contribution in [0.3, 0.4) is 0 Å². The molecule has 0 saturated heterocycles. The van der Waals surface area contributed by atoms with E-state index >= 15 is 0 Å². The number of hydrogen-bond acceptors (Lipinski definition) is 4. The topological polar surface area (TPSA) is 71.1 Å². The molecule has 0 aliphatic heterocycles. The summed E-state index contributed by atoms with van der Waals surface area (Å²) in [6.07, 6.45) is 1.47. The molecule has 0 radical (unpaired) electrons. The number of benzene rings is 1. The van der Waals surface area contributed by atoms with Gasteiger partial charge in [0.2, 0.25) is 0 Å². The number of pyridine rings is 1. The van der Waals surface area contributed by atoms with E-state index in [0.717, 1.165) is 10.0 Å². The fraction of sp³-hybridized carbons (Fsp3) is 0.214. The summed E-state index contributed by atoms with van der Waals surface area (Å²) >= 11 is 3.39. The van der Waals surface area contributed by atoms with Crippen LogP contribution in [-0.4, -0.2) is 19.9 Å². The number of aromatic nitrogens is 1. The van der Waals surface area contributed by atoms with Crippen molar-refractivity contribution in [3.8, 4) is 0 Å². The van der Waals surface area contributed by atoms with E-state index in [9.17, 15) is 8.42 Å². The second-order valence-electron chi connectivity index (χ2n) is 4.48. The first kappa shape index (κ1) is 15.8. The molecule has 0 saturated carbocycles. The van der Waals surface area contributed by atoms with Crippen LogP contribution in [0.5, 0.6) is 0 Å². The third-order valence-electron chi connectivity index (χ3n) is 2.82. The zero-order valence-corrected chi connectivity index (χ0v) is 14.1. The number of aryl methyl sites for hydroxylation is 1. The van der Waals surface area contributed by atoms with Crippen LogP contribution in [0.25, 0.3) is 0 Å². The second-order valence-corrected chi connectivity index (χ2v) is 7.01. The third kappa shape index (κ3) is 3.95. The van der Waals surface area contributed by atoms with Gasteiger partial charge >= 0.3 is 0 Å². The quantitative estimate of drug-likeness (QED) is 0.847. The highest BCUT2D eigenvalue weighted by Gasteiger charge is 2.15. The van der Waals surface area contributed by atoms with E-state index in [4.69, 9.17) is 0 Å². The Labute approximate surface area is 133 Å². The molecule has 0 spiro atoms. The molecular formula is C14H16BrN3O2S. The second kappa shape index (κ2) is 6.44. The van der Waals surface area contributed by atoms with Gasteiger partial charge < -0.3 is 5.32 Å². The number of rotatable bonds is 5. The summed E-state index contributed by atoms with van der Waals surface area (Å²) in [4.78, 5) is 4.24. The smallest absolute Gasteiger partial charge is 0.262 e. The van der Waals surface area contributed by atoms with Crippen molar-refractivity contribution in [2.45, 2.75) is 18.7 Å². The first-order chi connectivity index (χ1) is 9.92. The van der Waals surface area contributed by atoms with Crippen LogP contribution < -0.4 is 10.0 Å². The fourth-order valence-electron chi connectivity index (χ4n) is 1.73. The number of hydrogen-bond donors (Lipinski definition) is 2. The van der Waals surface area contributed by atoms with Gasteiger partial charge in [-0.15, -0.1) is 0 Å². The summed E-state index contributed by atoms with van der Waals surface area (Å²) in [6.45, 7) is 4.54. The summed E-state index contributed by atoms with van der Waals surface area (Å²) < 4.78 is 28.2. The Morgan fingerprint density at radius 2 is 2.00 bits per heavy atom. The van der Waals surface area contributed by atoms with E-state index in [1.807, 2.05) is 19.9 Å². The molecule has 0 fully saturated rings. The largest absolute Gasteiger partial charge is 0.370 e. The van der Waals surface area contributed by atoms with Crippen LogP contribution >= 0.6 is 15.9 Å². The van der Waals surface area contributed by atoms with E-state index in [2.05, 4.69) is 31.0 Å². The van der Waals surface area contributed by atoms with Crippen molar-refractivity contribution in [1.29, 1.82) is 0 Å². The average molecular weight is 370 g/mol. The molecule has 5 nitrogen and oxygen atoms in total. The number of sulfonamides is 1. The standard InChI is InChI=1S/C14H16BrN3O2S/c1-3-16-14-9-12(6-7-17-14)21(19,20)18-11-5-4-10(2)13(15)8-11/h4-9,18H,3H2,1-2H3,(H,16,17). The molecule has 0 aliphatic rings. The van der Waals surface area contributed by atoms with Crippen molar-refractivity contribution in [1.82, 2.24) is 4.98 Å². The predicted molar refractivity (Wildman–Crippen MR) is 88.1 cm³/mol. The molecule has 0 bridgehead atoms. The van der Waals surface area contributed by atoms with Gasteiger partial charge in [-0.25, -0.2) is 13.4 Å². The summed E-state index contributed by atoms with van der Waals surface area (Å²) in [5, 5.41) is 2.99. The minimum absolute atomic E-state index is 0.171. The maximum absolute atomic E-state index is 12.4. The van der Waals surface area contributed by atoms with E-state index in [1.54, 1.807) is 12.1 Å². The number of halogens is 1. The first-order valence-corrected chi connectivity index (χ1v) is 8.69. The molecule has 2 N–H and O–H groups in total. The lowest BCUT2D eigenvalue weighted by atomic mass is 10.2. The van der Waals surface area contributed by atoms with Crippen LogP contribution in [-0.2, 0) is 10.0 Å². The molecule has 112 valence electrons. The van der Waals surface area contributed by atoms with Crippen LogP contribution in [0.15, 0.2) is 45.9 Å². The molecule has 2 aromatic rings. The summed E-state index contributed by atoms with van der Waals surface area (Å²) in [5.74, 6) is 0.533. The molecule has 1 heterocycles. The Kier molecular flexibility index (Phi) is 4.84. The molecule has 1 aromatic heterocycles. The lowest BCUT2D eigenvalue weighted by Gasteiger charge is -2.10. The van der Waals surface area contributed by atoms with Crippen molar-refractivity contribution in [3.05, 3.63) is 46.6 Å². The normalized spacial score (nSPS) is 11.2. The van der Waals surface area contributed by atoms with Gasteiger partial charge in [0, 0.05) is 29.0 Å². The van der Waals surface area contributed by atoms with Gasteiger partial charge in [0.05, 0.1) is 4.90 Å². The molecule has 1 aromatic carbocycles. The van der Waals surface area contributed by atoms with Crippen molar-refractivity contribution >= 4 is 37.5 Å². The predicted octanol–water partition coefficient (Wildman–Crippen LogP) is 3.39. The van der Waals surface area contributed by atoms with E-state index < -0.39 is 10.0 Å². The number of nitrogens with one attached hydrogen (secondary N) is 2. The molecule has 0 aliphatic carbocycles. The third-order valence-corrected chi connectivity index (χ3v) is 5.06. The maximum atomic E-state index is 12.4. The highest BCUT2D eigenvalue weighted by molar-refractivity contribution is 9.10. The van der Waals surface area contributed by atoms with Gasteiger partial charge in [-0.2, -0.15) is 0 Å². The first-order valence-electron chi connectivity index (χ1n) is 6.41. The van der Waals surface area contributed by atoms with E-state index in [0.29, 0.717) is 18.1 Å². The van der Waals surface area contributed by atoms with Gasteiger partial charge in [0.1, 0.15) is 5.82 Å². The zero-order valence-electron chi connectivity index (χ0n) is 11.7. The van der Waals surface area contributed by atoms with Crippen LogP contribution in [0.4, 0.5) is 11.5 Å².